The highest BCUT2D eigenvalue weighted by Crippen LogP contribution is 2.12. The number of hydrogen-bond donors (Lipinski definition) is 2. The molecule has 0 aliphatic heterocycles. The van der Waals surface area contributed by atoms with Crippen LogP contribution in [0.1, 0.15) is 26.3 Å². The number of benzene rings is 1. The summed E-state index contributed by atoms with van der Waals surface area (Å²) in [7, 11) is 3.43. The van der Waals surface area contributed by atoms with E-state index in [0.717, 1.165) is 11.7 Å². The van der Waals surface area contributed by atoms with Crippen LogP contribution in [0, 0.1) is 0 Å². The Balaban J connectivity index is 2.44. The van der Waals surface area contributed by atoms with E-state index in [0.29, 0.717) is 19.8 Å². The molecule has 0 fully saturated rings. The quantitative estimate of drug-likeness (QED) is 0.479. The molecule has 0 amide bonds. The van der Waals surface area contributed by atoms with E-state index in [9.17, 15) is 0 Å². The number of ether oxygens (including phenoxy) is 2. The summed E-state index contributed by atoms with van der Waals surface area (Å²) < 4.78 is 10.5. The van der Waals surface area contributed by atoms with Gasteiger partial charge >= 0.3 is 0 Å². The summed E-state index contributed by atoms with van der Waals surface area (Å²) in [5.41, 5.74) is 1.16. The van der Waals surface area contributed by atoms with E-state index in [1.54, 1.807) is 14.2 Å². The lowest BCUT2D eigenvalue weighted by Gasteiger charge is -2.23. The van der Waals surface area contributed by atoms with Crippen LogP contribution >= 0.6 is 0 Å². The van der Waals surface area contributed by atoms with Crippen LogP contribution in [0.3, 0.4) is 0 Å². The SMILES string of the molecule is CN=C(NCc1ccc(OCCOC)cc1)NC(C)(C)C. The molecule has 21 heavy (non-hydrogen) atoms. The second-order valence-corrected chi connectivity index (χ2v) is 5.79. The minimum Gasteiger partial charge on any atom is -0.491 e. The Bertz CT molecular complexity index is 436. The maximum Gasteiger partial charge on any atom is 0.191 e. The van der Waals surface area contributed by atoms with Crippen molar-refractivity contribution in [3.05, 3.63) is 29.8 Å². The lowest BCUT2D eigenvalue weighted by Crippen LogP contribution is -2.47. The second kappa shape index (κ2) is 8.52. The Kier molecular flexibility index (Phi) is 7.02. The molecule has 1 aromatic rings. The number of aliphatic imine (C=N–C) groups is 1. The molecule has 2 N–H and O–H groups in total. The molecule has 0 atom stereocenters. The number of nitrogens with zero attached hydrogens (tertiary/aromatic N) is 1. The first-order valence-electron chi connectivity index (χ1n) is 7.14. The van der Waals surface area contributed by atoms with Gasteiger partial charge < -0.3 is 20.1 Å². The minimum atomic E-state index is -0.0130. The Labute approximate surface area is 127 Å². The van der Waals surface area contributed by atoms with Crippen molar-refractivity contribution in [2.45, 2.75) is 32.9 Å². The van der Waals surface area contributed by atoms with Crippen molar-refractivity contribution in [3.8, 4) is 5.75 Å². The third kappa shape index (κ3) is 7.56. The zero-order chi connectivity index (χ0) is 15.7. The molecule has 0 aliphatic carbocycles. The average Bonchev–Trinajstić information content (AvgIpc) is 2.44. The largest absolute Gasteiger partial charge is 0.491 e. The predicted molar refractivity (Wildman–Crippen MR) is 86.9 cm³/mol. The molecule has 0 spiro atoms. The van der Waals surface area contributed by atoms with Crippen LogP contribution in [0.4, 0.5) is 0 Å². The van der Waals surface area contributed by atoms with Crippen LogP contribution in [0.5, 0.6) is 5.75 Å². The van der Waals surface area contributed by atoms with Crippen molar-refractivity contribution in [2.75, 3.05) is 27.4 Å². The molecule has 0 aliphatic rings. The van der Waals surface area contributed by atoms with Gasteiger partial charge in [0.05, 0.1) is 6.61 Å². The monoisotopic (exact) mass is 293 g/mol. The zero-order valence-electron chi connectivity index (χ0n) is 13.7. The van der Waals surface area contributed by atoms with Gasteiger partial charge in [-0.25, -0.2) is 0 Å². The van der Waals surface area contributed by atoms with Crippen molar-refractivity contribution in [1.82, 2.24) is 10.6 Å². The van der Waals surface area contributed by atoms with E-state index in [-0.39, 0.29) is 5.54 Å². The van der Waals surface area contributed by atoms with Gasteiger partial charge in [0.15, 0.2) is 5.96 Å². The van der Waals surface area contributed by atoms with Gasteiger partial charge in [-0.15, -0.1) is 0 Å². The first-order valence-corrected chi connectivity index (χ1v) is 7.14. The number of guanidine groups is 1. The van der Waals surface area contributed by atoms with Crippen molar-refractivity contribution in [2.24, 2.45) is 4.99 Å². The van der Waals surface area contributed by atoms with Gasteiger partial charge in [0.1, 0.15) is 12.4 Å². The molecule has 118 valence electrons. The molecule has 0 radical (unpaired) electrons. The summed E-state index contributed by atoms with van der Waals surface area (Å²) in [6.07, 6.45) is 0. The lowest BCUT2D eigenvalue weighted by molar-refractivity contribution is 0.146. The maximum atomic E-state index is 5.53. The van der Waals surface area contributed by atoms with Crippen LogP contribution in [-0.4, -0.2) is 38.9 Å². The van der Waals surface area contributed by atoms with Crippen LogP contribution in [0.15, 0.2) is 29.3 Å². The van der Waals surface area contributed by atoms with Crippen LogP contribution in [0.25, 0.3) is 0 Å². The molecule has 0 heterocycles. The average molecular weight is 293 g/mol. The first kappa shape index (κ1) is 17.3. The van der Waals surface area contributed by atoms with Gasteiger partial charge in [0, 0.05) is 26.2 Å². The summed E-state index contributed by atoms with van der Waals surface area (Å²) in [6.45, 7) is 8.19. The van der Waals surface area contributed by atoms with Gasteiger partial charge in [-0.3, -0.25) is 4.99 Å². The number of rotatable bonds is 6. The third-order valence-corrected chi connectivity index (χ3v) is 2.66. The number of nitrogens with one attached hydrogen (secondary N) is 2. The van der Waals surface area contributed by atoms with Gasteiger partial charge in [-0.05, 0) is 38.5 Å². The van der Waals surface area contributed by atoms with Gasteiger partial charge in [0.25, 0.3) is 0 Å². The summed E-state index contributed by atoms with van der Waals surface area (Å²) in [6, 6.07) is 8.01. The van der Waals surface area contributed by atoms with E-state index in [1.165, 1.54) is 5.56 Å². The summed E-state index contributed by atoms with van der Waals surface area (Å²) >= 11 is 0. The highest BCUT2D eigenvalue weighted by molar-refractivity contribution is 5.80. The molecular formula is C16H27N3O2. The van der Waals surface area contributed by atoms with E-state index in [2.05, 4.69) is 36.4 Å². The van der Waals surface area contributed by atoms with Crippen LogP contribution in [-0.2, 0) is 11.3 Å². The fraction of sp³-hybridized carbons (Fsp3) is 0.562. The normalized spacial score (nSPS) is 12.1. The molecular weight excluding hydrogens is 266 g/mol. The molecule has 0 saturated heterocycles. The minimum absolute atomic E-state index is 0.0130. The van der Waals surface area contributed by atoms with E-state index >= 15 is 0 Å². The predicted octanol–water partition coefficient (Wildman–Crippen LogP) is 2.18. The Hall–Kier alpha value is -1.75. The summed E-state index contributed by atoms with van der Waals surface area (Å²) in [5, 5.41) is 6.61. The lowest BCUT2D eigenvalue weighted by atomic mass is 10.1. The van der Waals surface area contributed by atoms with E-state index < -0.39 is 0 Å². The van der Waals surface area contributed by atoms with Gasteiger partial charge in [-0.1, -0.05) is 12.1 Å². The zero-order valence-corrected chi connectivity index (χ0v) is 13.7. The summed E-state index contributed by atoms with van der Waals surface area (Å²) in [5.74, 6) is 1.65. The third-order valence-electron chi connectivity index (χ3n) is 2.66. The fourth-order valence-corrected chi connectivity index (χ4v) is 1.67. The van der Waals surface area contributed by atoms with Crippen LogP contribution in [0.2, 0.25) is 0 Å². The van der Waals surface area contributed by atoms with Crippen LogP contribution < -0.4 is 15.4 Å². The Morgan fingerprint density at radius 2 is 1.81 bits per heavy atom. The summed E-state index contributed by atoms with van der Waals surface area (Å²) in [4.78, 5) is 4.21. The van der Waals surface area contributed by atoms with E-state index in [4.69, 9.17) is 9.47 Å². The smallest absolute Gasteiger partial charge is 0.191 e. The second-order valence-electron chi connectivity index (χ2n) is 5.79. The molecule has 0 saturated carbocycles. The molecule has 0 unspecified atom stereocenters. The number of hydrogen-bond acceptors (Lipinski definition) is 3. The maximum absolute atomic E-state index is 5.53. The highest BCUT2D eigenvalue weighted by Gasteiger charge is 2.11. The molecule has 1 rings (SSSR count). The highest BCUT2D eigenvalue weighted by atomic mass is 16.5. The van der Waals surface area contributed by atoms with Crippen molar-refractivity contribution >= 4 is 5.96 Å². The standard InChI is InChI=1S/C16H27N3O2/c1-16(2,3)19-15(17-4)18-12-13-6-8-14(9-7-13)21-11-10-20-5/h6-9H,10-12H2,1-5H3,(H2,17,18,19). The molecule has 0 aromatic heterocycles. The van der Waals surface area contributed by atoms with E-state index in [1.807, 2.05) is 24.3 Å². The van der Waals surface area contributed by atoms with Crippen molar-refractivity contribution in [1.29, 1.82) is 0 Å². The fourth-order valence-electron chi connectivity index (χ4n) is 1.67. The Morgan fingerprint density at radius 3 is 2.33 bits per heavy atom. The first-order chi connectivity index (χ1) is 9.94. The van der Waals surface area contributed by atoms with Gasteiger partial charge in [-0.2, -0.15) is 0 Å². The molecule has 5 nitrogen and oxygen atoms in total. The molecule has 5 heteroatoms. The van der Waals surface area contributed by atoms with Gasteiger partial charge in [0.2, 0.25) is 0 Å². The Morgan fingerprint density at radius 1 is 1.14 bits per heavy atom. The molecule has 0 bridgehead atoms. The topological polar surface area (TPSA) is 54.9 Å². The van der Waals surface area contributed by atoms with Crippen molar-refractivity contribution < 1.29 is 9.47 Å². The number of methoxy groups -OCH3 is 1. The van der Waals surface area contributed by atoms with Crippen molar-refractivity contribution in [3.63, 3.8) is 0 Å². The molecule has 1 aromatic carbocycles.